The van der Waals surface area contributed by atoms with Crippen LogP contribution in [0.25, 0.3) is 0 Å². The Bertz CT molecular complexity index is 722. The molecule has 1 saturated heterocycles. The molecule has 0 aromatic carbocycles. The highest BCUT2D eigenvalue weighted by Gasteiger charge is 2.51. The topological polar surface area (TPSA) is 76.2 Å². The van der Waals surface area contributed by atoms with Gasteiger partial charge >= 0.3 is 0 Å². The van der Waals surface area contributed by atoms with Crippen LogP contribution >= 0.6 is 0 Å². The summed E-state index contributed by atoms with van der Waals surface area (Å²) in [6.07, 6.45) is 6.80. The van der Waals surface area contributed by atoms with Gasteiger partial charge in [0.25, 0.3) is 0 Å². The molecule has 2 fully saturated rings. The highest BCUT2D eigenvalue weighted by Crippen LogP contribution is 2.43. The van der Waals surface area contributed by atoms with E-state index in [1.165, 1.54) is 0 Å². The van der Waals surface area contributed by atoms with Crippen LogP contribution in [-0.2, 0) is 17.7 Å². The number of methoxy groups -OCH3 is 1. The Morgan fingerprint density at radius 2 is 2.27 bits per heavy atom. The highest BCUT2D eigenvalue weighted by molar-refractivity contribution is 5.12. The van der Waals surface area contributed by atoms with E-state index in [2.05, 4.69) is 32.0 Å². The molecule has 140 valence electrons. The molecule has 0 bridgehead atoms. The van der Waals surface area contributed by atoms with E-state index < -0.39 is 0 Å². The molecule has 7 nitrogen and oxygen atoms in total. The number of aryl methyl sites for hydroxylation is 1. The fourth-order valence-electron chi connectivity index (χ4n) is 4.40. The largest absolute Gasteiger partial charge is 0.474 e. The van der Waals surface area contributed by atoms with Gasteiger partial charge in [0.15, 0.2) is 0 Å². The van der Waals surface area contributed by atoms with Crippen LogP contribution < -0.4 is 4.74 Å². The van der Waals surface area contributed by atoms with Gasteiger partial charge in [0.1, 0.15) is 17.8 Å². The van der Waals surface area contributed by atoms with Crippen LogP contribution in [0.1, 0.15) is 44.3 Å². The van der Waals surface area contributed by atoms with Gasteiger partial charge in [-0.05, 0) is 25.3 Å². The Balaban J connectivity index is 1.47. The fourth-order valence-corrected chi connectivity index (χ4v) is 4.40. The van der Waals surface area contributed by atoms with Crippen molar-refractivity contribution in [1.29, 1.82) is 0 Å². The Hall–Kier alpha value is -1.99. The first-order chi connectivity index (χ1) is 12.7. The normalized spacial score (nSPS) is 28.8. The van der Waals surface area contributed by atoms with E-state index in [1.54, 1.807) is 6.20 Å². The van der Waals surface area contributed by atoms with Gasteiger partial charge in [-0.15, -0.1) is 0 Å². The molecule has 26 heavy (non-hydrogen) atoms. The number of aromatic amines is 1. The van der Waals surface area contributed by atoms with Gasteiger partial charge in [0.05, 0.1) is 12.1 Å². The van der Waals surface area contributed by atoms with Gasteiger partial charge in [-0.2, -0.15) is 5.10 Å². The first-order valence-corrected chi connectivity index (χ1v) is 9.49. The molecule has 0 amide bonds. The number of nitrogens with one attached hydrogen (secondary N) is 1. The third kappa shape index (κ3) is 3.33. The van der Waals surface area contributed by atoms with Crippen molar-refractivity contribution in [3.63, 3.8) is 0 Å². The predicted octanol–water partition coefficient (Wildman–Crippen LogP) is 2.35. The van der Waals surface area contributed by atoms with E-state index in [0.717, 1.165) is 56.8 Å². The molecule has 7 heteroatoms. The number of hydrogen-bond acceptors (Lipinski definition) is 6. The van der Waals surface area contributed by atoms with Crippen LogP contribution in [0, 0.1) is 0 Å². The van der Waals surface area contributed by atoms with E-state index in [0.29, 0.717) is 11.9 Å². The minimum atomic E-state index is -0.0718. The molecule has 1 saturated carbocycles. The summed E-state index contributed by atoms with van der Waals surface area (Å²) in [5.74, 6) is 2.51. The molecule has 3 heterocycles. The maximum atomic E-state index is 6.14. The second kappa shape index (κ2) is 7.32. The van der Waals surface area contributed by atoms with Crippen LogP contribution in [0.4, 0.5) is 0 Å². The number of fused-ring (bicyclic) bond motifs is 1. The van der Waals surface area contributed by atoms with Gasteiger partial charge in [0.2, 0.25) is 5.88 Å². The molecule has 1 N–H and O–H groups in total. The number of pyridine rings is 1. The molecule has 2 aromatic rings. The molecule has 0 radical (unpaired) electrons. The second-order valence-corrected chi connectivity index (χ2v) is 7.24. The fraction of sp³-hybridized carbons (Fsp3) is 0.632. The average molecular weight is 357 g/mol. The van der Waals surface area contributed by atoms with Crippen molar-refractivity contribution in [1.82, 2.24) is 25.1 Å². The predicted molar refractivity (Wildman–Crippen MR) is 96.8 cm³/mol. The van der Waals surface area contributed by atoms with Gasteiger partial charge in [0, 0.05) is 44.8 Å². The molecule has 0 unspecified atom stereocenters. The monoisotopic (exact) mass is 357 g/mol. The van der Waals surface area contributed by atoms with E-state index in [1.807, 2.05) is 25.3 Å². The first-order valence-electron chi connectivity index (χ1n) is 9.49. The smallest absolute Gasteiger partial charge is 0.213 e. The van der Waals surface area contributed by atoms with Crippen molar-refractivity contribution < 1.29 is 9.47 Å². The van der Waals surface area contributed by atoms with Gasteiger partial charge in [-0.3, -0.25) is 10.00 Å². The SMILES string of the molecule is CCc1n[nH]c(CN2CC[C@]3(OC)CC[C@@H](Oc4ccccn4)C[C@H]23)n1. The Kier molecular flexibility index (Phi) is 4.91. The van der Waals surface area contributed by atoms with Crippen molar-refractivity contribution in [3.8, 4) is 5.88 Å². The molecule has 1 aliphatic carbocycles. The summed E-state index contributed by atoms with van der Waals surface area (Å²) in [6, 6.07) is 6.11. The van der Waals surface area contributed by atoms with Crippen molar-refractivity contribution in [3.05, 3.63) is 36.0 Å². The summed E-state index contributed by atoms with van der Waals surface area (Å²) in [7, 11) is 1.85. The molecule has 1 aliphatic heterocycles. The summed E-state index contributed by atoms with van der Waals surface area (Å²) >= 11 is 0. The van der Waals surface area contributed by atoms with Crippen molar-refractivity contribution in [2.75, 3.05) is 13.7 Å². The van der Waals surface area contributed by atoms with Gasteiger partial charge < -0.3 is 9.47 Å². The van der Waals surface area contributed by atoms with Crippen LogP contribution in [0.3, 0.4) is 0 Å². The number of aromatic nitrogens is 4. The van der Waals surface area contributed by atoms with E-state index in [4.69, 9.17) is 9.47 Å². The summed E-state index contributed by atoms with van der Waals surface area (Å²) in [5.41, 5.74) is -0.0718. The summed E-state index contributed by atoms with van der Waals surface area (Å²) in [6.45, 7) is 3.86. The third-order valence-corrected chi connectivity index (χ3v) is 5.82. The number of likely N-dealkylation sites (tertiary alicyclic amines) is 1. The zero-order chi connectivity index (χ0) is 18.0. The number of ether oxygens (including phenoxy) is 2. The molecule has 2 aromatic heterocycles. The van der Waals surface area contributed by atoms with E-state index in [9.17, 15) is 0 Å². The molecule has 3 atom stereocenters. The Morgan fingerprint density at radius 3 is 3.00 bits per heavy atom. The van der Waals surface area contributed by atoms with Gasteiger partial charge in [-0.1, -0.05) is 13.0 Å². The maximum absolute atomic E-state index is 6.14. The number of hydrogen-bond donors (Lipinski definition) is 1. The lowest BCUT2D eigenvalue weighted by Crippen LogP contribution is -2.52. The molecule has 0 spiro atoms. The van der Waals surface area contributed by atoms with E-state index >= 15 is 0 Å². The summed E-state index contributed by atoms with van der Waals surface area (Å²) in [4.78, 5) is 11.3. The van der Waals surface area contributed by atoms with Crippen LogP contribution in [0.15, 0.2) is 24.4 Å². The third-order valence-electron chi connectivity index (χ3n) is 5.82. The van der Waals surface area contributed by atoms with Crippen LogP contribution in [0.2, 0.25) is 0 Å². The second-order valence-electron chi connectivity index (χ2n) is 7.24. The lowest BCUT2D eigenvalue weighted by Gasteiger charge is -2.43. The lowest BCUT2D eigenvalue weighted by atomic mass is 9.79. The summed E-state index contributed by atoms with van der Waals surface area (Å²) < 4.78 is 12.2. The zero-order valence-corrected chi connectivity index (χ0v) is 15.5. The van der Waals surface area contributed by atoms with Crippen LogP contribution in [0.5, 0.6) is 5.88 Å². The van der Waals surface area contributed by atoms with Gasteiger partial charge in [-0.25, -0.2) is 9.97 Å². The molecular formula is C19H27N5O2. The van der Waals surface area contributed by atoms with Crippen molar-refractivity contribution in [2.24, 2.45) is 0 Å². The minimum Gasteiger partial charge on any atom is -0.474 e. The molecular weight excluding hydrogens is 330 g/mol. The number of nitrogens with zero attached hydrogens (tertiary/aromatic N) is 4. The molecule has 4 rings (SSSR count). The maximum Gasteiger partial charge on any atom is 0.213 e. The standard InChI is InChI=1S/C19H27N5O2/c1-3-16-21-17(23-22-16)13-24-11-9-19(25-2)8-7-14(12-15(19)24)26-18-6-4-5-10-20-18/h4-6,10,14-15H,3,7-9,11-13H2,1-2H3,(H,21,22,23)/t14-,15+,19-/m1/s1. The van der Waals surface area contributed by atoms with Crippen LogP contribution in [-0.4, -0.2) is 56.5 Å². The minimum absolute atomic E-state index is 0.0718. The first kappa shape index (κ1) is 17.4. The molecule has 2 aliphatic rings. The number of rotatable bonds is 6. The summed E-state index contributed by atoms with van der Waals surface area (Å²) in [5, 5.41) is 7.34. The van der Waals surface area contributed by atoms with Crippen molar-refractivity contribution >= 4 is 0 Å². The number of H-pyrrole nitrogens is 1. The lowest BCUT2D eigenvalue weighted by molar-refractivity contribution is -0.0845. The van der Waals surface area contributed by atoms with Crippen molar-refractivity contribution in [2.45, 2.75) is 63.3 Å². The quantitative estimate of drug-likeness (QED) is 0.855. The Labute approximate surface area is 154 Å². The Morgan fingerprint density at radius 1 is 1.35 bits per heavy atom. The average Bonchev–Trinajstić information content (AvgIpc) is 3.28. The zero-order valence-electron chi connectivity index (χ0n) is 15.5. The van der Waals surface area contributed by atoms with E-state index in [-0.39, 0.29) is 11.7 Å². The highest BCUT2D eigenvalue weighted by atomic mass is 16.5.